The SMILES string of the molecule is COC(=O)[C@]1([C@H](O)c2ccccc2)CC(c2ccc(Cl)cc2Cl)=NO1. The second-order valence-corrected chi connectivity index (χ2v) is 6.47. The Morgan fingerprint density at radius 1 is 1.28 bits per heavy atom. The third kappa shape index (κ3) is 3.23. The molecule has 2 aromatic carbocycles. The normalized spacial score (nSPS) is 20.6. The molecule has 0 unspecified atom stereocenters. The third-order valence-electron chi connectivity index (χ3n) is 4.08. The number of ether oxygens (including phenoxy) is 1. The number of oxime groups is 1. The number of hydrogen-bond acceptors (Lipinski definition) is 5. The summed E-state index contributed by atoms with van der Waals surface area (Å²) in [4.78, 5) is 17.9. The van der Waals surface area contributed by atoms with Crippen molar-refractivity contribution in [3.63, 3.8) is 0 Å². The quantitative estimate of drug-likeness (QED) is 0.821. The molecule has 130 valence electrons. The lowest BCUT2D eigenvalue weighted by Crippen LogP contribution is -2.45. The van der Waals surface area contributed by atoms with Gasteiger partial charge in [0.05, 0.1) is 24.3 Å². The molecule has 0 fully saturated rings. The van der Waals surface area contributed by atoms with Gasteiger partial charge in [-0.15, -0.1) is 0 Å². The number of benzene rings is 2. The summed E-state index contributed by atoms with van der Waals surface area (Å²) in [6.45, 7) is 0. The molecule has 1 aliphatic rings. The Balaban J connectivity index is 1.96. The number of methoxy groups -OCH3 is 1. The molecule has 2 aromatic rings. The minimum atomic E-state index is -1.67. The highest BCUT2D eigenvalue weighted by atomic mass is 35.5. The summed E-state index contributed by atoms with van der Waals surface area (Å²) in [6.07, 6.45) is -1.25. The van der Waals surface area contributed by atoms with Gasteiger partial charge in [0.15, 0.2) is 0 Å². The van der Waals surface area contributed by atoms with Gasteiger partial charge in [0.2, 0.25) is 0 Å². The Morgan fingerprint density at radius 3 is 2.64 bits per heavy atom. The van der Waals surface area contributed by atoms with Crippen LogP contribution < -0.4 is 0 Å². The van der Waals surface area contributed by atoms with Crippen LogP contribution in [0.2, 0.25) is 10.0 Å². The second-order valence-electron chi connectivity index (χ2n) is 5.62. The second kappa shape index (κ2) is 7.04. The van der Waals surface area contributed by atoms with Crippen LogP contribution in [0.25, 0.3) is 0 Å². The highest BCUT2D eigenvalue weighted by Gasteiger charge is 2.54. The molecule has 0 saturated carbocycles. The van der Waals surface area contributed by atoms with Gasteiger partial charge >= 0.3 is 5.97 Å². The number of esters is 1. The van der Waals surface area contributed by atoms with Crippen molar-refractivity contribution in [2.24, 2.45) is 5.16 Å². The summed E-state index contributed by atoms with van der Waals surface area (Å²) in [5, 5.41) is 15.7. The van der Waals surface area contributed by atoms with Crippen molar-refractivity contribution in [2.45, 2.75) is 18.1 Å². The number of hydrogen-bond donors (Lipinski definition) is 1. The molecule has 1 N–H and O–H groups in total. The summed E-state index contributed by atoms with van der Waals surface area (Å²) >= 11 is 12.1. The van der Waals surface area contributed by atoms with Crippen LogP contribution in [0.4, 0.5) is 0 Å². The highest BCUT2D eigenvalue weighted by Crippen LogP contribution is 2.40. The molecule has 0 radical (unpaired) electrons. The number of carbonyl (C=O) groups is 1. The van der Waals surface area contributed by atoms with E-state index in [2.05, 4.69) is 5.16 Å². The molecule has 25 heavy (non-hydrogen) atoms. The van der Waals surface area contributed by atoms with Crippen LogP contribution in [0.5, 0.6) is 0 Å². The lowest BCUT2D eigenvalue weighted by molar-refractivity contribution is -0.182. The first-order valence-electron chi connectivity index (χ1n) is 7.50. The van der Waals surface area contributed by atoms with Crippen molar-refractivity contribution >= 4 is 34.9 Å². The van der Waals surface area contributed by atoms with E-state index in [-0.39, 0.29) is 6.42 Å². The molecular formula is C18H15Cl2NO4. The Hall–Kier alpha value is -2.08. The molecular weight excluding hydrogens is 365 g/mol. The zero-order valence-corrected chi connectivity index (χ0v) is 14.8. The summed E-state index contributed by atoms with van der Waals surface area (Å²) in [5.74, 6) is -0.715. The lowest BCUT2D eigenvalue weighted by atomic mass is 9.85. The van der Waals surface area contributed by atoms with Crippen molar-refractivity contribution in [2.75, 3.05) is 7.11 Å². The zero-order chi connectivity index (χ0) is 18.0. The number of aliphatic hydroxyl groups excluding tert-OH is 1. The van der Waals surface area contributed by atoms with Gasteiger partial charge in [-0.3, -0.25) is 0 Å². The number of rotatable bonds is 4. The van der Waals surface area contributed by atoms with E-state index in [4.69, 9.17) is 32.8 Å². The van der Waals surface area contributed by atoms with Crippen molar-refractivity contribution in [1.29, 1.82) is 0 Å². The maximum atomic E-state index is 12.4. The van der Waals surface area contributed by atoms with Gasteiger partial charge in [-0.1, -0.05) is 64.8 Å². The van der Waals surface area contributed by atoms with Crippen LogP contribution >= 0.6 is 23.2 Å². The Morgan fingerprint density at radius 2 is 2.00 bits per heavy atom. The number of nitrogens with zero attached hydrogens (tertiary/aromatic N) is 1. The monoisotopic (exact) mass is 379 g/mol. The van der Waals surface area contributed by atoms with E-state index in [1.807, 2.05) is 6.07 Å². The van der Waals surface area contributed by atoms with E-state index in [9.17, 15) is 9.90 Å². The van der Waals surface area contributed by atoms with Gasteiger partial charge in [0.25, 0.3) is 5.60 Å². The van der Waals surface area contributed by atoms with E-state index >= 15 is 0 Å². The van der Waals surface area contributed by atoms with Crippen LogP contribution in [-0.2, 0) is 14.4 Å². The summed E-state index contributed by atoms with van der Waals surface area (Å²) in [7, 11) is 1.23. The molecule has 7 heteroatoms. The average Bonchev–Trinajstić information content (AvgIpc) is 3.07. The predicted molar refractivity (Wildman–Crippen MR) is 94.8 cm³/mol. The van der Waals surface area contributed by atoms with E-state index in [1.54, 1.807) is 42.5 Å². The molecule has 0 bridgehead atoms. The van der Waals surface area contributed by atoms with Gasteiger partial charge < -0.3 is 14.7 Å². The molecule has 0 amide bonds. The lowest BCUT2D eigenvalue weighted by Gasteiger charge is -2.29. The predicted octanol–water partition coefficient (Wildman–Crippen LogP) is 3.76. The Kier molecular flexibility index (Phi) is 4.99. The van der Waals surface area contributed by atoms with Crippen LogP contribution in [0.1, 0.15) is 23.7 Å². The highest BCUT2D eigenvalue weighted by molar-refractivity contribution is 6.37. The van der Waals surface area contributed by atoms with Gasteiger partial charge in [0, 0.05) is 10.6 Å². The van der Waals surface area contributed by atoms with E-state index in [1.165, 1.54) is 7.11 Å². The minimum Gasteiger partial charge on any atom is -0.466 e. The molecule has 0 aromatic heterocycles. The summed E-state index contributed by atoms with van der Waals surface area (Å²) in [5.41, 5.74) is -0.139. The van der Waals surface area contributed by atoms with Crippen molar-refractivity contribution < 1.29 is 19.5 Å². The Bertz CT molecular complexity index is 825. The number of halogens is 2. The molecule has 0 aliphatic carbocycles. The largest absolute Gasteiger partial charge is 0.466 e. The first-order chi connectivity index (χ1) is 12.0. The van der Waals surface area contributed by atoms with E-state index in [0.29, 0.717) is 26.9 Å². The maximum absolute atomic E-state index is 12.4. The van der Waals surface area contributed by atoms with Crippen molar-refractivity contribution in [3.05, 3.63) is 69.7 Å². The fourth-order valence-corrected chi connectivity index (χ4v) is 3.28. The van der Waals surface area contributed by atoms with Crippen LogP contribution in [-0.4, -0.2) is 29.5 Å². The molecule has 1 aliphatic heterocycles. The molecule has 2 atom stereocenters. The van der Waals surface area contributed by atoms with Crippen LogP contribution in [0, 0.1) is 0 Å². The van der Waals surface area contributed by atoms with Gasteiger partial charge in [0.1, 0.15) is 6.10 Å². The fraction of sp³-hybridized carbons (Fsp3) is 0.222. The first kappa shape index (κ1) is 17.7. The summed E-state index contributed by atoms with van der Waals surface area (Å²) in [6, 6.07) is 13.7. The maximum Gasteiger partial charge on any atom is 0.356 e. The minimum absolute atomic E-state index is 0.0110. The smallest absolute Gasteiger partial charge is 0.356 e. The van der Waals surface area contributed by atoms with Gasteiger partial charge in [-0.25, -0.2) is 4.79 Å². The molecule has 5 nitrogen and oxygen atoms in total. The topological polar surface area (TPSA) is 68.1 Å². The standard InChI is InChI=1S/C18H15Cl2NO4/c1-24-17(23)18(16(22)11-5-3-2-4-6-11)10-15(21-25-18)13-8-7-12(19)9-14(13)20/h2-9,16,22H,10H2,1H3/t16-,18-/m1/s1. The average molecular weight is 380 g/mol. The Labute approximate surface area is 154 Å². The van der Waals surface area contributed by atoms with Gasteiger partial charge in [-0.05, 0) is 17.7 Å². The zero-order valence-electron chi connectivity index (χ0n) is 13.3. The van der Waals surface area contributed by atoms with Crippen molar-refractivity contribution in [1.82, 2.24) is 0 Å². The number of carbonyl (C=O) groups excluding carboxylic acids is 1. The van der Waals surface area contributed by atoms with E-state index < -0.39 is 17.7 Å². The third-order valence-corrected chi connectivity index (χ3v) is 4.63. The molecule has 3 rings (SSSR count). The summed E-state index contributed by atoms with van der Waals surface area (Å²) < 4.78 is 4.86. The molecule has 0 spiro atoms. The van der Waals surface area contributed by atoms with E-state index in [0.717, 1.165) is 0 Å². The number of aliphatic hydroxyl groups is 1. The molecule has 1 heterocycles. The molecule has 0 saturated heterocycles. The van der Waals surface area contributed by atoms with Crippen LogP contribution in [0.3, 0.4) is 0 Å². The van der Waals surface area contributed by atoms with Crippen molar-refractivity contribution in [3.8, 4) is 0 Å². The fourth-order valence-electron chi connectivity index (χ4n) is 2.76. The van der Waals surface area contributed by atoms with Gasteiger partial charge in [-0.2, -0.15) is 0 Å². The van der Waals surface area contributed by atoms with Crippen LogP contribution in [0.15, 0.2) is 53.7 Å². The first-order valence-corrected chi connectivity index (χ1v) is 8.25.